The van der Waals surface area contributed by atoms with Crippen molar-refractivity contribution >= 4 is 11.8 Å². The summed E-state index contributed by atoms with van der Waals surface area (Å²) in [6.45, 7) is 2.22. The fourth-order valence-corrected chi connectivity index (χ4v) is 4.23. The van der Waals surface area contributed by atoms with E-state index in [1.165, 1.54) is 12.1 Å². The zero-order chi connectivity index (χ0) is 21.5. The maximum Gasteiger partial charge on any atom is 0.254 e. The first-order valence-electron chi connectivity index (χ1n) is 10.1. The Morgan fingerprint density at radius 3 is 2.61 bits per heavy atom. The number of fused-ring (bicyclic) bond motifs is 3. The minimum atomic E-state index is -0.561. The van der Waals surface area contributed by atoms with E-state index in [1.807, 2.05) is 12.1 Å². The molecule has 156 valence electrons. The van der Waals surface area contributed by atoms with Crippen LogP contribution in [-0.2, 0) is 11.2 Å². The lowest BCUT2D eigenvalue weighted by Crippen LogP contribution is -2.40. The average molecular weight is 417 g/mol. The molecule has 1 aliphatic carbocycles. The molecule has 5 rings (SSSR count). The van der Waals surface area contributed by atoms with E-state index >= 15 is 0 Å². The van der Waals surface area contributed by atoms with Crippen molar-refractivity contribution in [3.8, 4) is 22.5 Å². The number of ether oxygens (including phenoxy) is 1. The van der Waals surface area contributed by atoms with Crippen LogP contribution in [0.15, 0.2) is 48.5 Å². The van der Waals surface area contributed by atoms with Crippen molar-refractivity contribution in [2.45, 2.75) is 6.42 Å². The molecule has 1 saturated heterocycles. The van der Waals surface area contributed by atoms with Crippen LogP contribution in [0.4, 0.5) is 4.39 Å². The molecule has 0 spiro atoms. The van der Waals surface area contributed by atoms with Crippen molar-refractivity contribution in [3.05, 3.63) is 76.6 Å². The van der Waals surface area contributed by atoms with Gasteiger partial charge in [0.25, 0.3) is 5.91 Å². The van der Waals surface area contributed by atoms with Crippen LogP contribution < -0.4 is 5.73 Å². The number of benzene rings is 2. The molecular weight excluding hydrogens is 397 g/mol. The smallest absolute Gasteiger partial charge is 0.254 e. The highest BCUT2D eigenvalue weighted by Crippen LogP contribution is 2.39. The zero-order valence-corrected chi connectivity index (χ0v) is 16.7. The third-order valence-corrected chi connectivity index (χ3v) is 5.78. The lowest BCUT2D eigenvalue weighted by atomic mass is 10.0. The van der Waals surface area contributed by atoms with Gasteiger partial charge in [0.1, 0.15) is 5.82 Å². The maximum absolute atomic E-state index is 13.7. The first-order chi connectivity index (χ1) is 15.0. The van der Waals surface area contributed by atoms with Gasteiger partial charge in [-0.1, -0.05) is 18.2 Å². The quantitative estimate of drug-likeness (QED) is 0.555. The highest BCUT2D eigenvalue weighted by Gasteiger charge is 2.28. The number of halogens is 1. The average Bonchev–Trinajstić information content (AvgIpc) is 3.16. The molecule has 2 aliphatic rings. The number of pyridine rings is 1. The van der Waals surface area contributed by atoms with Gasteiger partial charge in [-0.15, -0.1) is 0 Å². The fraction of sp³-hybridized carbons (Fsp3) is 0.208. The molecule has 2 aromatic carbocycles. The minimum Gasteiger partial charge on any atom is -0.378 e. The molecular formula is C24H20FN3O3. The summed E-state index contributed by atoms with van der Waals surface area (Å²) >= 11 is 0. The molecule has 1 aliphatic heterocycles. The summed E-state index contributed by atoms with van der Waals surface area (Å²) in [6.07, 6.45) is 0.462. The lowest BCUT2D eigenvalue weighted by molar-refractivity contribution is 0.0303. The second-order valence-electron chi connectivity index (χ2n) is 7.71. The van der Waals surface area contributed by atoms with E-state index in [9.17, 15) is 14.0 Å². The van der Waals surface area contributed by atoms with Gasteiger partial charge in [-0.3, -0.25) is 9.59 Å². The van der Waals surface area contributed by atoms with Crippen LogP contribution >= 0.6 is 0 Å². The molecule has 0 radical (unpaired) electrons. The van der Waals surface area contributed by atoms with Crippen molar-refractivity contribution in [2.24, 2.45) is 5.73 Å². The number of nitrogens with zero attached hydrogens (tertiary/aromatic N) is 2. The molecule has 0 unspecified atom stereocenters. The predicted octanol–water partition coefficient (Wildman–Crippen LogP) is 3.03. The number of aromatic nitrogens is 1. The van der Waals surface area contributed by atoms with E-state index in [0.29, 0.717) is 60.8 Å². The molecule has 6 nitrogen and oxygen atoms in total. The standard InChI is InChI=1S/C24H20FN3O3/c25-17-3-1-2-14(11-17)21-13-20(23(26)29)19-12-16-10-15(4-5-18(16)22(19)27-21)24(30)28-6-8-31-9-7-28/h1-5,10-11,13H,6-9,12H2,(H2,26,29). The Balaban J connectivity index is 1.57. The Hall–Kier alpha value is -3.58. The summed E-state index contributed by atoms with van der Waals surface area (Å²) in [4.78, 5) is 31.6. The van der Waals surface area contributed by atoms with Gasteiger partial charge in [0.15, 0.2) is 0 Å². The van der Waals surface area contributed by atoms with Crippen molar-refractivity contribution in [3.63, 3.8) is 0 Å². The molecule has 0 atom stereocenters. The first kappa shape index (κ1) is 19.4. The molecule has 31 heavy (non-hydrogen) atoms. The van der Waals surface area contributed by atoms with Crippen molar-refractivity contribution < 1.29 is 18.7 Å². The predicted molar refractivity (Wildman–Crippen MR) is 113 cm³/mol. The fourth-order valence-electron chi connectivity index (χ4n) is 4.23. The third kappa shape index (κ3) is 3.47. The number of amides is 2. The van der Waals surface area contributed by atoms with Gasteiger partial charge in [0.2, 0.25) is 5.91 Å². The summed E-state index contributed by atoms with van der Waals surface area (Å²) in [7, 11) is 0. The molecule has 7 heteroatoms. The molecule has 2 amide bonds. The number of carbonyl (C=O) groups excluding carboxylic acids is 2. The highest BCUT2D eigenvalue weighted by molar-refractivity contribution is 6.00. The van der Waals surface area contributed by atoms with E-state index in [4.69, 9.17) is 15.5 Å². The Kier molecular flexibility index (Phi) is 4.75. The molecule has 0 saturated carbocycles. The van der Waals surface area contributed by atoms with Crippen molar-refractivity contribution in [2.75, 3.05) is 26.3 Å². The molecule has 1 aromatic heterocycles. The molecule has 2 heterocycles. The van der Waals surface area contributed by atoms with Gasteiger partial charge in [0, 0.05) is 41.8 Å². The van der Waals surface area contributed by atoms with Gasteiger partial charge >= 0.3 is 0 Å². The monoisotopic (exact) mass is 417 g/mol. The van der Waals surface area contributed by atoms with E-state index in [2.05, 4.69) is 0 Å². The van der Waals surface area contributed by atoms with Crippen molar-refractivity contribution in [1.29, 1.82) is 0 Å². The summed E-state index contributed by atoms with van der Waals surface area (Å²) in [5.41, 5.74) is 10.8. The van der Waals surface area contributed by atoms with Crippen LogP contribution in [0.25, 0.3) is 22.5 Å². The molecule has 0 bridgehead atoms. The lowest BCUT2D eigenvalue weighted by Gasteiger charge is -2.27. The van der Waals surface area contributed by atoms with Gasteiger partial charge in [-0.2, -0.15) is 0 Å². The van der Waals surface area contributed by atoms with Crippen LogP contribution in [0.5, 0.6) is 0 Å². The number of carbonyl (C=O) groups is 2. The van der Waals surface area contributed by atoms with Crippen LogP contribution in [-0.4, -0.2) is 48.0 Å². The topological polar surface area (TPSA) is 85.5 Å². The molecule has 3 aromatic rings. The summed E-state index contributed by atoms with van der Waals surface area (Å²) < 4.78 is 19.1. The Bertz CT molecular complexity index is 1220. The van der Waals surface area contributed by atoms with Crippen molar-refractivity contribution in [1.82, 2.24) is 9.88 Å². The van der Waals surface area contributed by atoms with E-state index in [0.717, 1.165) is 16.7 Å². The first-order valence-corrected chi connectivity index (χ1v) is 10.1. The van der Waals surface area contributed by atoms with Gasteiger partial charge in [0.05, 0.1) is 24.6 Å². The second kappa shape index (κ2) is 7.59. The van der Waals surface area contributed by atoms with E-state index in [1.54, 1.807) is 29.2 Å². The Morgan fingerprint density at radius 2 is 1.87 bits per heavy atom. The van der Waals surface area contributed by atoms with Crippen LogP contribution in [0.1, 0.15) is 31.8 Å². The van der Waals surface area contributed by atoms with Gasteiger partial charge in [-0.05, 0) is 41.5 Å². The maximum atomic E-state index is 13.7. The number of morpholine rings is 1. The highest BCUT2D eigenvalue weighted by atomic mass is 19.1. The van der Waals surface area contributed by atoms with Crippen LogP contribution in [0, 0.1) is 5.82 Å². The zero-order valence-electron chi connectivity index (χ0n) is 16.7. The van der Waals surface area contributed by atoms with E-state index in [-0.39, 0.29) is 11.7 Å². The summed E-state index contributed by atoms with van der Waals surface area (Å²) in [5.74, 6) is -0.980. The van der Waals surface area contributed by atoms with E-state index < -0.39 is 5.91 Å². The number of rotatable bonds is 3. The van der Waals surface area contributed by atoms with Gasteiger partial charge in [-0.25, -0.2) is 9.37 Å². The third-order valence-electron chi connectivity index (χ3n) is 5.78. The molecule has 2 N–H and O–H groups in total. The van der Waals surface area contributed by atoms with Crippen LogP contribution in [0.2, 0.25) is 0 Å². The number of hydrogen-bond donors (Lipinski definition) is 1. The number of nitrogens with two attached hydrogens (primary N) is 1. The number of primary amides is 1. The van der Waals surface area contributed by atoms with Crippen LogP contribution in [0.3, 0.4) is 0 Å². The van der Waals surface area contributed by atoms with Gasteiger partial charge < -0.3 is 15.4 Å². The normalized spacial score (nSPS) is 14.8. The second-order valence-corrected chi connectivity index (χ2v) is 7.71. The summed E-state index contributed by atoms with van der Waals surface area (Å²) in [6, 6.07) is 13.2. The Morgan fingerprint density at radius 1 is 1.06 bits per heavy atom. The summed E-state index contributed by atoms with van der Waals surface area (Å²) in [5, 5.41) is 0. The number of hydrogen-bond acceptors (Lipinski definition) is 4. The largest absolute Gasteiger partial charge is 0.378 e. The molecule has 1 fully saturated rings. The minimum absolute atomic E-state index is 0.0365. The SMILES string of the molecule is NC(=O)c1cc(-c2cccc(F)c2)nc2c1Cc1cc(C(=O)N3CCOCC3)ccc1-2. The Labute approximate surface area is 178 Å².